The largest absolute Gasteiger partial charge is 0.368 e. The number of hydrogen-bond donors (Lipinski definition) is 3. The van der Waals surface area contributed by atoms with Gasteiger partial charge in [-0.25, -0.2) is 4.79 Å². The summed E-state index contributed by atoms with van der Waals surface area (Å²) < 4.78 is 0. The Hall–Kier alpha value is -2.82. The Balaban J connectivity index is 1.96. The number of benzene rings is 2. The number of rotatable bonds is 5. The molecule has 21 heavy (non-hydrogen) atoms. The molecule has 2 rings (SSSR count). The van der Waals surface area contributed by atoms with E-state index < -0.39 is 18.0 Å². The van der Waals surface area contributed by atoms with E-state index >= 15 is 0 Å². The minimum absolute atomic E-state index is 0.360. The van der Waals surface area contributed by atoms with E-state index in [0.717, 1.165) is 5.56 Å². The zero-order chi connectivity index (χ0) is 15.1. The van der Waals surface area contributed by atoms with Gasteiger partial charge in [0.1, 0.15) is 6.04 Å². The fourth-order valence-electron chi connectivity index (χ4n) is 1.92. The van der Waals surface area contributed by atoms with Crippen molar-refractivity contribution in [3.8, 4) is 0 Å². The molecule has 108 valence electrons. The molecule has 2 aromatic rings. The van der Waals surface area contributed by atoms with Crippen LogP contribution in [-0.2, 0) is 11.2 Å². The molecule has 1 unspecified atom stereocenters. The van der Waals surface area contributed by atoms with Gasteiger partial charge in [-0.15, -0.1) is 0 Å². The molecule has 0 aromatic heterocycles. The fourth-order valence-corrected chi connectivity index (χ4v) is 1.92. The number of anilines is 1. The molecular weight excluding hydrogens is 266 g/mol. The first-order valence-electron chi connectivity index (χ1n) is 6.61. The highest BCUT2D eigenvalue weighted by molar-refractivity contribution is 5.93. The van der Waals surface area contributed by atoms with Gasteiger partial charge in [-0.3, -0.25) is 4.79 Å². The average Bonchev–Trinajstić information content (AvgIpc) is 2.48. The van der Waals surface area contributed by atoms with Crippen molar-refractivity contribution in [1.29, 1.82) is 0 Å². The van der Waals surface area contributed by atoms with Gasteiger partial charge in [0.05, 0.1) is 0 Å². The fraction of sp³-hybridized carbons (Fsp3) is 0.125. The maximum Gasteiger partial charge on any atom is 0.319 e. The SMILES string of the molecule is NC(=O)C(Cc1ccccc1)NC(=O)Nc1ccccc1. The lowest BCUT2D eigenvalue weighted by Crippen LogP contribution is -2.47. The molecule has 0 saturated heterocycles. The van der Waals surface area contributed by atoms with Crippen molar-refractivity contribution in [3.63, 3.8) is 0 Å². The molecule has 5 heteroatoms. The lowest BCUT2D eigenvalue weighted by molar-refractivity contribution is -0.119. The van der Waals surface area contributed by atoms with Gasteiger partial charge >= 0.3 is 6.03 Å². The van der Waals surface area contributed by atoms with Crippen molar-refractivity contribution in [2.24, 2.45) is 5.73 Å². The maximum absolute atomic E-state index is 11.9. The van der Waals surface area contributed by atoms with E-state index in [1.54, 1.807) is 12.1 Å². The molecule has 1 atom stereocenters. The summed E-state index contributed by atoms with van der Waals surface area (Å²) in [6, 6.07) is 17.2. The molecule has 5 nitrogen and oxygen atoms in total. The number of nitrogens with one attached hydrogen (secondary N) is 2. The molecule has 4 N–H and O–H groups in total. The average molecular weight is 283 g/mol. The topological polar surface area (TPSA) is 84.2 Å². The van der Waals surface area contributed by atoms with Crippen LogP contribution in [0.15, 0.2) is 60.7 Å². The first kappa shape index (κ1) is 14.6. The van der Waals surface area contributed by atoms with Crippen molar-refractivity contribution >= 4 is 17.6 Å². The second-order valence-corrected chi connectivity index (χ2v) is 4.61. The van der Waals surface area contributed by atoms with Crippen molar-refractivity contribution in [1.82, 2.24) is 5.32 Å². The molecule has 0 aliphatic carbocycles. The molecule has 0 saturated carbocycles. The first-order chi connectivity index (χ1) is 10.1. The van der Waals surface area contributed by atoms with Gasteiger partial charge in [-0.05, 0) is 17.7 Å². The molecule has 2 aromatic carbocycles. The molecule has 0 radical (unpaired) electrons. The summed E-state index contributed by atoms with van der Waals surface area (Å²) in [4.78, 5) is 23.4. The molecule has 0 fully saturated rings. The monoisotopic (exact) mass is 283 g/mol. The van der Waals surface area contributed by atoms with Crippen LogP contribution in [0, 0.1) is 0 Å². The highest BCUT2D eigenvalue weighted by atomic mass is 16.2. The van der Waals surface area contributed by atoms with E-state index in [4.69, 9.17) is 5.73 Å². The third-order valence-corrected chi connectivity index (χ3v) is 2.96. The van der Waals surface area contributed by atoms with Crippen molar-refractivity contribution in [3.05, 3.63) is 66.2 Å². The van der Waals surface area contributed by atoms with Crippen LogP contribution >= 0.6 is 0 Å². The third-order valence-electron chi connectivity index (χ3n) is 2.96. The van der Waals surface area contributed by atoms with Crippen LogP contribution in [0.3, 0.4) is 0 Å². The number of hydrogen-bond acceptors (Lipinski definition) is 2. The summed E-state index contributed by atoms with van der Waals surface area (Å²) in [5.41, 5.74) is 6.93. The minimum Gasteiger partial charge on any atom is -0.368 e. The molecular formula is C16H17N3O2. The molecule has 3 amide bonds. The highest BCUT2D eigenvalue weighted by Crippen LogP contribution is 2.06. The van der Waals surface area contributed by atoms with Gasteiger partial charge in [0.2, 0.25) is 5.91 Å². The molecule has 0 bridgehead atoms. The number of primary amides is 1. The predicted octanol–water partition coefficient (Wildman–Crippen LogP) is 1.90. The number of nitrogens with two attached hydrogens (primary N) is 1. The van der Waals surface area contributed by atoms with Crippen LogP contribution in [0.5, 0.6) is 0 Å². The Labute approximate surface area is 123 Å². The third kappa shape index (κ3) is 4.65. The summed E-state index contributed by atoms with van der Waals surface area (Å²) in [5, 5.41) is 5.24. The van der Waals surface area contributed by atoms with Gasteiger partial charge in [0, 0.05) is 12.1 Å². The number of carbonyl (C=O) groups is 2. The highest BCUT2D eigenvalue weighted by Gasteiger charge is 2.18. The van der Waals surface area contributed by atoms with Crippen LogP contribution < -0.4 is 16.4 Å². The van der Waals surface area contributed by atoms with Crippen LogP contribution in [0.25, 0.3) is 0 Å². The van der Waals surface area contributed by atoms with Gasteiger partial charge < -0.3 is 16.4 Å². The van der Waals surface area contributed by atoms with Gasteiger partial charge in [-0.2, -0.15) is 0 Å². The van der Waals surface area contributed by atoms with E-state index in [-0.39, 0.29) is 0 Å². The molecule has 0 aliphatic rings. The lowest BCUT2D eigenvalue weighted by Gasteiger charge is -2.16. The second-order valence-electron chi connectivity index (χ2n) is 4.61. The Bertz CT molecular complexity index is 599. The van der Waals surface area contributed by atoms with Crippen molar-refractivity contribution in [2.75, 3.05) is 5.32 Å². The number of carbonyl (C=O) groups excluding carboxylic acids is 2. The van der Waals surface area contributed by atoms with E-state index in [1.807, 2.05) is 48.5 Å². The van der Waals surface area contributed by atoms with Gasteiger partial charge in [0.15, 0.2) is 0 Å². The van der Waals surface area contributed by atoms with Crippen LogP contribution in [0.2, 0.25) is 0 Å². The summed E-state index contributed by atoms with van der Waals surface area (Å²) in [7, 11) is 0. The molecule has 0 heterocycles. The number of urea groups is 1. The van der Waals surface area contributed by atoms with E-state index in [2.05, 4.69) is 10.6 Å². The second kappa shape index (κ2) is 7.09. The molecule has 0 aliphatic heterocycles. The lowest BCUT2D eigenvalue weighted by atomic mass is 10.1. The normalized spacial score (nSPS) is 11.4. The summed E-state index contributed by atoms with van der Waals surface area (Å²) in [5.74, 6) is -0.568. The van der Waals surface area contributed by atoms with E-state index in [1.165, 1.54) is 0 Å². The zero-order valence-corrected chi connectivity index (χ0v) is 11.5. The zero-order valence-electron chi connectivity index (χ0n) is 11.5. The van der Waals surface area contributed by atoms with Gasteiger partial charge in [0.25, 0.3) is 0 Å². The van der Waals surface area contributed by atoms with Crippen molar-refractivity contribution < 1.29 is 9.59 Å². The number of amides is 3. The quantitative estimate of drug-likeness (QED) is 0.783. The predicted molar refractivity (Wildman–Crippen MR) is 81.7 cm³/mol. The van der Waals surface area contributed by atoms with Crippen LogP contribution in [0.4, 0.5) is 10.5 Å². The standard InChI is InChI=1S/C16H17N3O2/c17-15(20)14(11-12-7-3-1-4-8-12)19-16(21)18-13-9-5-2-6-10-13/h1-10,14H,11H2,(H2,17,20)(H2,18,19,21). The van der Waals surface area contributed by atoms with E-state index in [9.17, 15) is 9.59 Å². The molecule has 0 spiro atoms. The Morgan fingerprint density at radius 3 is 2.10 bits per heavy atom. The van der Waals surface area contributed by atoms with Crippen molar-refractivity contribution in [2.45, 2.75) is 12.5 Å². The minimum atomic E-state index is -0.754. The Kier molecular flexibility index (Phi) is 4.93. The van der Waals surface area contributed by atoms with Crippen LogP contribution in [0.1, 0.15) is 5.56 Å². The first-order valence-corrected chi connectivity index (χ1v) is 6.61. The summed E-state index contributed by atoms with van der Waals surface area (Å²) >= 11 is 0. The van der Waals surface area contributed by atoms with Crippen LogP contribution in [-0.4, -0.2) is 18.0 Å². The maximum atomic E-state index is 11.9. The Morgan fingerprint density at radius 2 is 1.52 bits per heavy atom. The smallest absolute Gasteiger partial charge is 0.319 e. The summed E-state index contributed by atoms with van der Waals surface area (Å²) in [6.45, 7) is 0. The van der Waals surface area contributed by atoms with E-state index in [0.29, 0.717) is 12.1 Å². The Morgan fingerprint density at radius 1 is 0.952 bits per heavy atom. The number of para-hydroxylation sites is 1. The summed E-state index contributed by atoms with van der Waals surface area (Å²) in [6.07, 6.45) is 0.360. The van der Waals surface area contributed by atoms with Gasteiger partial charge in [-0.1, -0.05) is 48.5 Å².